The van der Waals surface area contributed by atoms with Gasteiger partial charge in [0.15, 0.2) is 5.69 Å². The molecule has 4 N–H and O–H groups in total. The molecule has 1 atom stereocenters. The van der Waals surface area contributed by atoms with Crippen LogP contribution in [0.25, 0.3) is 0 Å². The molecule has 31 heavy (non-hydrogen) atoms. The summed E-state index contributed by atoms with van der Waals surface area (Å²) >= 11 is 2.07. The highest BCUT2D eigenvalue weighted by Crippen LogP contribution is 2.40. The largest absolute Gasteiger partial charge is 0.507 e. The SMILES string of the molecule is NC[C@H](Cc1ccc(O)c(I)c1)C(=O)N1CCC(NC(=O)c2cc(C3CC3)on2)CC1. The quantitative estimate of drug-likeness (QED) is 0.466. The van der Waals surface area contributed by atoms with Crippen molar-refractivity contribution in [2.45, 2.75) is 44.1 Å². The van der Waals surface area contributed by atoms with Crippen molar-refractivity contribution in [3.05, 3.63) is 44.9 Å². The lowest BCUT2D eigenvalue weighted by Crippen LogP contribution is -2.49. The summed E-state index contributed by atoms with van der Waals surface area (Å²) in [5.74, 6) is 0.967. The van der Waals surface area contributed by atoms with Gasteiger partial charge in [0.05, 0.1) is 9.49 Å². The van der Waals surface area contributed by atoms with Gasteiger partial charge in [-0.15, -0.1) is 0 Å². The molecule has 8 nitrogen and oxygen atoms in total. The van der Waals surface area contributed by atoms with Crippen LogP contribution in [0.1, 0.15) is 53.4 Å². The number of carbonyl (C=O) groups excluding carboxylic acids is 2. The first-order valence-electron chi connectivity index (χ1n) is 10.7. The fraction of sp³-hybridized carbons (Fsp3) is 0.500. The summed E-state index contributed by atoms with van der Waals surface area (Å²) in [6.07, 6.45) is 4.12. The van der Waals surface area contributed by atoms with Crippen LogP contribution in [0.4, 0.5) is 0 Å². The Morgan fingerprint density at radius 3 is 2.65 bits per heavy atom. The number of nitrogens with two attached hydrogens (primary N) is 1. The molecule has 1 aromatic heterocycles. The first-order chi connectivity index (χ1) is 14.9. The predicted molar refractivity (Wildman–Crippen MR) is 123 cm³/mol. The number of hydrogen-bond acceptors (Lipinski definition) is 6. The van der Waals surface area contributed by atoms with Gasteiger partial charge in [-0.25, -0.2) is 0 Å². The van der Waals surface area contributed by atoms with Gasteiger partial charge in [0.1, 0.15) is 11.5 Å². The van der Waals surface area contributed by atoms with Crippen molar-refractivity contribution < 1.29 is 19.2 Å². The van der Waals surface area contributed by atoms with E-state index in [1.54, 1.807) is 12.1 Å². The number of nitrogens with zero attached hydrogens (tertiary/aromatic N) is 2. The first-order valence-corrected chi connectivity index (χ1v) is 11.8. The Kier molecular flexibility index (Phi) is 6.80. The van der Waals surface area contributed by atoms with Gasteiger partial charge in [-0.2, -0.15) is 0 Å². The van der Waals surface area contributed by atoms with Crippen LogP contribution in [0.3, 0.4) is 0 Å². The zero-order valence-electron chi connectivity index (χ0n) is 17.2. The maximum absolute atomic E-state index is 13.0. The molecule has 9 heteroatoms. The molecule has 0 radical (unpaired) electrons. The molecule has 0 unspecified atom stereocenters. The minimum absolute atomic E-state index is 0.00706. The number of phenols is 1. The fourth-order valence-electron chi connectivity index (χ4n) is 3.95. The smallest absolute Gasteiger partial charge is 0.273 e. The molecule has 166 valence electrons. The molecule has 0 bridgehead atoms. The van der Waals surface area contributed by atoms with Gasteiger partial charge in [0.2, 0.25) is 5.91 Å². The lowest BCUT2D eigenvalue weighted by Gasteiger charge is -2.34. The number of nitrogens with one attached hydrogen (secondary N) is 1. The van der Waals surface area contributed by atoms with E-state index in [2.05, 4.69) is 33.1 Å². The normalized spacial score (nSPS) is 18.1. The van der Waals surface area contributed by atoms with Crippen LogP contribution < -0.4 is 11.1 Å². The summed E-state index contributed by atoms with van der Waals surface area (Å²) in [5.41, 5.74) is 7.21. The second-order valence-electron chi connectivity index (χ2n) is 8.38. The predicted octanol–water partition coefficient (Wildman–Crippen LogP) is 2.40. The van der Waals surface area contributed by atoms with Crippen molar-refractivity contribution in [3.8, 4) is 5.75 Å². The van der Waals surface area contributed by atoms with Crippen molar-refractivity contribution in [1.29, 1.82) is 0 Å². The summed E-state index contributed by atoms with van der Waals surface area (Å²) in [6, 6.07) is 7.10. The van der Waals surface area contributed by atoms with Gasteiger partial charge in [0, 0.05) is 37.7 Å². The van der Waals surface area contributed by atoms with Crippen molar-refractivity contribution >= 4 is 34.4 Å². The topological polar surface area (TPSA) is 122 Å². The first kappa shape index (κ1) is 22.1. The average molecular weight is 538 g/mol. The van der Waals surface area contributed by atoms with E-state index in [9.17, 15) is 14.7 Å². The zero-order valence-corrected chi connectivity index (χ0v) is 19.4. The number of benzene rings is 1. The highest BCUT2D eigenvalue weighted by Gasteiger charge is 2.31. The van der Waals surface area contributed by atoms with Gasteiger partial charge < -0.3 is 25.6 Å². The second-order valence-corrected chi connectivity index (χ2v) is 9.55. The van der Waals surface area contributed by atoms with Crippen LogP contribution in [0.2, 0.25) is 0 Å². The number of phenolic OH excluding ortho intramolecular Hbond substituents is 1. The van der Waals surface area contributed by atoms with Gasteiger partial charge >= 0.3 is 0 Å². The molecule has 2 fully saturated rings. The van der Waals surface area contributed by atoms with Gasteiger partial charge in [0.25, 0.3) is 5.91 Å². The second kappa shape index (κ2) is 9.56. The molecule has 2 aliphatic rings. The highest BCUT2D eigenvalue weighted by atomic mass is 127. The van der Waals surface area contributed by atoms with Crippen molar-refractivity contribution in [3.63, 3.8) is 0 Å². The lowest BCUT2D eigenvalue weighted by atomic mass is 9.96. The van der Waals surface area contributed by atoms with E-state index in [-0.39, 0.29) is 36.1 Å². The van der Waals surface area contributed by atoms with Crippen LogP contribution in [0, 0.1) is 9.49 Å². The molecule has 0 spiro atoms. The van der Waals surface area contributed by atoms with Gasteiger partial charge in [-0.05, 0) is 72.4 Å². The summed E-state index contributed by atoms with van der Waals surface area (Å²) < 4.78 is 6.01. The molecule has 2 heterocycles. The lowest BCUT2D eigenvalue weighted by molar-refractivity contribution is -0.136. The molecular weight excluding hydrogens is 511 g/mol. The Labute approximate surface area is 194 Å². The van der Waals surface area contributed by atoms with E-state index in [1.807, 2.05) is 17.0 Å². The fourth-order valence-corrected chi connectivity index (χ4v) is 4.53. The summed E-state index contributed by atoms with van der Waals surface area (Å²) in [5, 5.41) is 16.6. The summed E-state index contributed by atoms with van der Waals surface area (Å²) in [6.45, 7) is 1.43. The Balaban J connectivity index is 1.27. The number of rotatable bonds is 7. The third kappa shape index (κ3) is 5.38. The van der Waals surface area contributed by atoms with Crippen LogP contribution in [-0.4, -0.2) is 52.7 Å². The van der Waals surface area contributed by atoms with Crippen LogP contribution >= 0.6 is 22.6 Å². The van der Waals surface area contributed by atoms with E-state index in [4.69, 9.17) is 10.3 Å². The monoisotopic (exact) mass is 538 g/mol. The Morgan fingerprint density at radius 1 is 1.26 bits per heavy atom. The van der Waals surface area contributed by atoms with Crippen molar-refractivity contribution in [2.24, 2.45) is 11.7 Å². The molecule has 1 aliphatic heterocycles. The number of likely N-dealkylation sites (tertiary alicyclic amines) is 1. The maximum Gasteiger partial charge on any atom is 0.273 e. The minimum Gasteiger partial charge on any atom is -0.507 e. The van der Waals surface area contributed by atoms with E-state index in [0.29, 0.717) is 44.0 Å². The number of amides is 2. The van der Waals surface area contributed by atoms with Gasteiger partial charge in [-0.1, -0.05) is 11.2 Å². The van der Waals surface area contributed by atoms with Crippen molar-refractivity contribution in [1.82, 2.24) is 15.4 Å². The van der Waals surface area contributed by atoms with Crippen LogP contribution in [0.5, 0.6) is 5.75 Å². The zero-order chi connectivity index (χ0) is 22.0. The third-order valence-corrected chi connectivity index (χ3v) is 6.87. The molecular formula is C22H27IN4O4. The van der Waals surface area contributed by atoms with E-state index < -0.39 is 0 Å². The summed E-state index contributed by atoms with van der Waals surface area (Å²) in [4.78, 5) is 27.3. The molecule has 1 aromatic carbocycles. The average Bonchev–Trinajstić information content (AvgIpc) is 3.50. The Hall–Kier alpha value is -2.14. The van der Waals surface area contributed by atoms with E-state index in [1.165, 1.54) is 0 Å². The number of halogens is 1. The number of aromatic nitrogens is 1. The third-order valence-electron chi connectivity index (χ3n) is 6.01. The molecule has 1 aliphatic carbocycles. The standard InChI is InChI=1S/C22H27IN4O4/c23-17-10-13(1-4-19(17)28)9-15(12-24)22(30)27-7-5-16(6-8-27)25-21(29)18-11-20(31-26-18)14-2-3-14/h1,4,10-11,14-16,28H,2-3,5-9,12,24H2,(H,25,29)/t15-/m0/s1. The Morgan fingerprint density at radius 2 is 2.00 bits per heavy atom. The van der Waals surface area contributed by atoms with E-state index in [0.717, 1.165) is 27.7 Å². The number of aromatic hydroxyl groups is 1. The van der Waals surface area contributed by atoms with Crippen molar-refractivity contribution in [2.75, 3.05) is 19.6 Å². The molecule has 2 aromatic rings. The molecule has 1 saturated carbocycles. The minimum atomic E-state index is -0.303. The van der Waals surface area contributed by atoms with E-state index >= 15 is 0 Å². The number of carbonyl (C=O) groups is 2. The molecule has 2 amide bonds. The van der Waals surface area contributed by atoms with Gasteiger partial charge in [-0.3, -0.25) is 9.59 Å². The summed E-state index contributed by atoms with van der Waals surface area (Å²) in [7, 11) is 0. The number of hydrogen-bond donors (Lipinski definition) is 3. The molecule has 4 rings (SSSR count). The van der Waals surface area contributed by atoms with Crippen LogP contribution in [0.15, 0.2) is 28.8 Å². The highest BCUT2D eigenvalue weighted by molar-refractivity contribution is 14.1. The van der Waals surface area contributed by atoms with Crippen LogP contribution in [-0.2, 0) is 11.2 Å². The Bertz CT molecular complexity index is 951. The molecule has 1 saturated heterocycles. The maximum atomic E-state index is 13.0. The number of piperidine rings is 1.